The number of amides is 4. The van der Waals surface area contributed by atoms with Crippen molar-refractivity contribution in [3.05, 3.63) is 59.1 Å². The van der Waals surface area contributed by atoms with E-state index in [0.717, 1.165) is 10.5 Å². The molecule has 8 heteroatoms. The molecule has 3 rings (SSSR count). The molecule has 0 radical (unpaired) electrons. The zero-order valence-electron chi connectivity index (χ0n) is 19.2. The maximum atomic E-state index is 13.4. The fourth-order valence-corrected chi connectivity index (χ4v) is 4.08. The molecule has 0 saturated carbocycles. The average molecular weight is 470 g/mol. The van der Waals surface area contributed by atoms with Crippen LogP contribution in [0.5, 0.6) is 0 Å². The van der Waals surface area contributed by atoms with E-state index in [4.69, 9.17) is 11.6 Å². The second-order valence-electron chi connectivity index (χ2n) is 8.75. The Balaban J connectivity index is 1.87. The lowest BCUT2D eigenvalue weighted by Gasteiger charge is -2.41. The van der Waals surface area contributed by atoms with Crippen LogP contribution in [0.25, 0.3) is 0 Å². The molecule has 1 fully saturated rings. The number of carbonyl (C=O) groups excluding carboxylic acids is 4. The van der Waals surface area contributed by atoms with Crippen LogP contribution in [0.15, 0.2) is 48.5 Å². The number of benzene rings is 2. The minimum Gasteiger partial charge on any atom is -0.326 e. The van der Waals surface area contributed by atoms with Crippen LogP contribution in [0, 0.1) is 0 Å². The molecule has 2 aromatic carbocycles. The van der Waals surface area contributed by atoms with Crippen molar-refractivity contribution in [2.45, 2.75) is 58.5 Å². The summed E-state index contributed by atoms with van der Waals surface area (Å²) in [5.41, 5.74) is 1.12. The van der Waals surface area contributed by atoms with Gasteiger partial charge in [-0.15, -0.1) is 0 Å². The van der Waals surface area contributed by atoms with Gasteiger partial charge in [0.2, 0.25) is 17.7 Å². The zero-order valence-corrected chi connectivity index (χ0v) is 20.0. The first-order valence-corrected chi connectivity index (χ1v) is 11.2. The third-order valence-corrected chi connectivity index (χ3v) is 6.19. The van der Waals surface area contributed by atoms with Crippen LogP contribution >= 0.6 is 11.6 Å². The first-order chi connectivity index (χ1) is 15.5. The second kappa shape index (κ2) is 9.75. The molecule has 2 aromatic rings. The Hall–Kier alpha value is -3.19. The van der Waals surface area contributed by atoms with Gasteiger partial charge < -0.3 is 10.2 Å². The Morgan fingerprint density at radius 2 is 1.70 bits per heavy atom. The molecule has 33 heavy (non-hydrogen) atoms. The highest BCUT2D eigenvalue weighted by Gasteiger charge is 2.48. The highest BCUT2D eigenvalue weighted by Crippen LogP contribution is 2.32. The van der Waals surface area contributed by atoms with E-state index in [9.17, 15) is 19.2 Å². The molecule has 1 N–H and O–H groups in total. The number of imide groups is 1. The molecule has 0 aliphatic carbocycles. The summed E-state index contributed by atoms with van der Waals surface area (Å²) < 4.78 is 0. The third kappa shape index (κ3) is 5.42. The van der Waals surface area contributed by atoms with Crippen LogP contribution in [0.4, 0.5) is 11.4 Å². The van der Waals surface area contributed by atoms with E-state index in [1.807, 2.05) is 20.8 Å². The number of rotatable bonds is 7. The minimum absolute atomic E-state index is 0.0813. The van der Waals surface area contributed by atoms with E-state index in [2.05, 4.69) is 5.32 Å². The first-order valence-electron chi connectivity index (χ1n) is 10.8. The Morgan fingerprint density at radius 3 is 2.24 bits per heavy atom. The van der Waals surface area contributed by atoms with Crippen LogP contribution < -0.4 is 10.2 Å². The van der Waals surface area contributed by atoms with E-state index < -0.39 is 17.5 Å². The SMILES string of the molecule is CCC(C)(C)N(C(=O)Cc1ccc(Cl)cc1)C1CC(=O)N(c2ccc(NC(C)=O)cc2)C1=O. The van der Waals surface area contributed by atoms with E-state index in [1.165, 1.54) is 6.92 Å². The lowest BCUT2D eigenvalue weighted by molar-refractivity contribution is -0.144. The van der Waals surface area contributed by atoms with Crippen molar-refractivity contribution < 1.29 is 19.2 Å². The van der Waals surface area contributed by atoms with Crippen molar-refractivity contribution in [1.82, 2.24) is 4.90 Å². The minimum atomic E-state index is -0.887. The maximum Gasteiger partial charge on any atom is 0.257 e. The van der Waals surface area contributed by atoms with Crippen LogP contribution in [-0.4, -0.2) is 40.1 Å². The van der Waals surface area contributed by atoms with Gasteiger partial charge in [0.1, 0.15) is 6.04 Å². The molecule has 1 atom stereocenters. The van der Waals surface area contributed by atoms with Gasteiger partial charge in [0.25, 0.3) is 5.91 Å². The molecule has 7 nitrogen and oxygen atoms in total. The Morgan fingerprint density at radius 1 is 1.09 bits per heavy atom. The van der Waals surface area contributed by atoms with Crippen LogP contribution in [0.3, 0.4) is 0 Å². The van der Waals surface area contributed by atoms with E-state index in [1.54, 1.807) is 53.4 Å². The molecule has 1 unspecified atom stereocenters. The molecule has 0 spiro atoms. The fourth-order valence-electron chi connectivity index (χ4n) is 3.95. The smallest absolute Gasteiger partial charge is 0.257 e. The van der Waals surface area contributed by atoms with Crippen molar-refractivity contribution in [2.24, 2.45) is 0 Å². The highest BCUT2D eigenvalue weighted by atomic mass is 35.5. The van der Waals surface area contributed by atoms with E-state index >= 15 is 0 Å². The summed E-state index contributed by atoms with van der Waals surface area (Å²) in [5.74, 6) is -1.24. The van der Waals surface area contributed by atoms with Crippen LogP contribution in [0.1, 0.15) is 46.1 Å². The lowest BCUT2D eigenvalue weighted by Crippen LogP contribution is -2.56. The summed E-state index contributed by atoms with van der Waals surface area (Å²) in [5, 5.41) is 3.23. The van der Waals surface area contributed by atoms with Crippen LogP contribution in [0.2, 0.25) is 5.02 Å². The van der Waals surface area contributed by atoms with Crippen molar-refractivity contribution in [3.8, 4) is 0 Å². The molecule has 1 aliphatic rings. The predicted molar refractivity (Wildman–Crippen MR) is 128 cm³/mol. The van der Waals surface area contributed by atoms with Crippen molar-refractivity contribution in [3.63, 3.8) is 0 Å². The van der Waals surface area contributed by atoms with Gasteiger partial charge in [0.15, 0.2) is 0 Å². The van der Waals surface area contributed by atoms with Gasteiger partial charge in [-0.25, -0.2) is 4.90 Å². The summed E-state index contributed by atoms with van der Waals surface area (Å²) in [6.07, 6.45) is 0.634. The lowest BCUT2D eigenvalue weighted by atomic mass is 9.94. The standard InChI is InChI=1S/C25H28ClN3O4/c1-5-25(3,4)29(23(32)14-17-6-8-18(26)9-7-17)21-15-22(31)28(24(21)33)20-12-10-19(11-13-20)27-16(2)30/h6-13,21H,5,14-15H2,1-4H3,(H,27,30). The first kappa shape index (κ1) is 24.5. The number of hydrogen-bond acceptors (Lipinski definition) is 4. The number of anilines is 2. The topological polar surface area (TPSA) is 86.8 Å². The number of nitrogens with zero attached hydrogens (tertiary/aromatic N) is 2. The molecule has 1 heterocycles. The number of carbonyl (C=O) groups is 4. The third-order valence-electron chi connectivity index (χ3n) is 5.94. The zero-order chi connectivity index (χ0) is 24.3. The van der Waals surface area contributed by atoms with Gasteiger partial charge >= 0.3 is 0 Å². The molecule has 1 aliphatic heterocycles. The summed E-state index contributed by atoms with van der Waals surface area (Å²) >= 11 is 5.95. The van der Waals surface area contributed by atoms with Crippen molar-refractivity contribution >= 4 is 46.6 Å². The van der Waals surface area contributed by atoms with Crippen molar-refractivity contribution in [1.29, 1.82) is 0 Å². The molecule has 4 amide bonds. The summed E-state index contributed by atoms with van der Waals surface area (Å²) in [4.78, 5) is 53.6. The number of hydrogen-bond donors (Lipinski definition) is 1. The van der Waals surface area contributed by atoms with Gasteiger partial charge in [0.05, 0.1) is 18.5 Å². The summed E-state index contributed by atoms with van der Waals surface area (Å²) in [6, 6.07) is 12.6. The average Bonchev–Trinajstić information content (AvgIpc) is 3.03. The van der Waals surface area contributed by atoms with Crippen LogP contribution in [-0.2, 0) is 25.6 Å². The van der Waals surface area contributed by atoms with Gasteiger partial charge in [-0.2, -0.15) is 0 Å². The highest BCUT2D eigenvalue weighted by molar-refractivity contribution is 6.30. The van der Waals surface area contributed by atoms with E-state index in [-0.39, 0.29) is 30.6 Å². The predicted octanol–water partition coefficient (Wildman–Crippen LogP) is 4.19. The molecule has 1 saturated heterocycles. The molecule has 0 bridgehead atoms. The monoisotopic (exact) mass is 469 g/mol. The molecule has 174 valence electrons. The van der Waals surface area contributed by atoms with E-state index in [0.29, 0.717) is 22.8 Å². The maximum absolute atomic E-state index is 13.4. The van der Waals surface area contributed by atoms with Gasteiger partial charge in [-0.3, -0.25) is 19.2 Å². The van der Waals surface area contributed by atoms with Crippen molar-refractivity contribution in [2.75, 3.05) is 10.2 Å². The quantitative estimate of drug-likeness (QED) is 0.616. The largest absolute Gasteiger partial charge is 0.326 e. The Bertz CT molecular complexity index is 1060. The normalized spacial score (nSPS) is 16.2. The molecule has 0 aromatic heterocycles. The Labute approximate surface area is 198 Å². The summed E-state index contributed by atoms with van der Waals surface area (Å²) in [6.45, 7) is 7.14. The molecular weight excluding hydrogens is 442 g/mol. The van der Waals surface area contributed by atoms with Gasteiger partial charge in [-0.1, -0.05) is 30.7 Å². The second-order valence-corrected chi connectivity index (χ2v) is 9.18. The van der Waals surface area contributed by atoms with Gasteiger partial charge in [0, 0.05) is 23.2 Å². The number of halogens is 1. The van der Waals surface area contributed by atoms with Gasteiger partial charge in [-0.05, 0) is 62.2 Å². The Kier molecular flexibility index (Phi) is 7.22. The number of nitrogens with one attached hydrogen (secondary N) is 1. The molecular formula is C25H28ClN3O4. The summed E-state index contributed by atoms with van der Waals surface area (Å²) in [7, 11) is 0. The fraction of sp³-hybridized carbons (Fsp3) is 0.360.